The lowest BCUT2D eigenvalue weighted by molar-refractivity contribution is -0.114. The van der Waals surface area contributed by atoms with Gasteiger partial charge in [-0.05, 0) is 35.6 Å². The van der Waals surface area contributed by atoms with E-state index in [9.17, 15) is 9.18 Å². The van der Waals surface area contributed by atoms with Gasteiger partial charge in [0, 0.05) is 9.78 Å². The molecule has 0 radical (unpaired) electrons. The Morgan fingerprint density at radius 2 is 2.45 bits per heavy atom. The van der Waals surface area contributed by atoms with Gasteiger partial charge in [-0.3, -0.25) is 4.79 Å². The van der Waals surface area contributed by atoms with Crippen LogP contribution in [0.15, 0.2) is 21.4 Å². The maximum absolute atomic E-state index is 12.9. The molecular weight excluding hydrogens is 260 g/mol. The van der Waals surface area contributed by atoms with E-state index in [-0.39, 0.29) is 11.4 Å². The summed E-state index contributed by atoms with van der Waals surface area (Å²) in [6, 6.07) is 0. The molecule has 1 rings (SSSR count). The van der Waals surface area contributed by atoms with E-state index >= 15 is 0 Å². The summed E-state index contributed by atoms with van der Waals surface area (Å²) in [5.41, 5.74) is 0.216. The quantitative estimate of drug-likeness (QED) is 0.578. The second-order valence-electron chi connectivity index (χ2n) is 2.18. The molecule has 1 heterocycles. The first-order valence-electron chi connectivity index (χ1n) is 3.10. The Kier molecular flexibility index (Phi) is 2.64. The third kappa shape index (κ3) is 1.79. The number of hydrogen-bond donors (Lipinski definition) is 1. The fraction of sp³-hybridized carbons (Fsp3) is 0.286. The van der Waals surface area contributed by atoms with Crippen LogP contribution in [0.1, 0.15) is 6.92 Å². The average molecular weight is 267 g/mol. The number of dihydropyridines is 1. The standard InChI is InChI=1S/C7H7FINO/c1-4(11)6-5(9)2-3-10-7(6)8/h2-3,7,10H,1H3. The van der Waals surface area contributed by atoms with Crippen LogP contribution in [0.3, 0.4) is 0 Å². The van der Waals surface area contributed by atoms with Crippen molar-refractivity contribution in [1.82, 2.24) is 5.32 Å². The van der Waals surface area contributed by atoms with Crippen molar-refractivity contribution in [1.29, 1.82) is 0 Å². The monoisotopic (exact) mass is 267 g/mol. The van der Waals surface area contributed by atoms with E-state index in [1.165, 1.54) is 13.1 Å². The summed E-state index contributed by atoms with van der Waals surface area (Å²) < 4.78 is 13.6. The number of ketones is 1. The van der Waals surface area contributed by atoms with E-state index in [0.29, 0.717) is 3.58 Å². The molecule has 0 bridgehead atoms. The first-order chi connectivity index (χ1) is 5.13. The number of carbonyl (C=O) groups is 1. The van der Waals surface area contributed by atoms with Gasteiger partial charge in [0.2, 0.25) is 0 Å². The minimum atomic E-state index is -1.34. The van der Waals surface area contributed by atoms with Gasteiger partial charge in [-0.1, -0.05) is 0 Å². The van der Waals surface area contributed by atoms with Gasteiger partial charge in [-0.2, -0.15) is 0 Å². The third-order valence-electron chi connectivity index (χ3n) is 1.36. The third-order valence-corrected chi connectivity index (χ3v) is 2.30. The van der Waals surface area contributed by atoms with Crippen LogP contribution in [0, 0.1) is 0 Å². The molecule has 1 unspecified atom stereocenters. The zero-order valence-electron chi connectivity index (χ0n) is 5.90. The Hall–Kier alpha value is -0.390. The van der Waals surface area contributed by atoms with Crippen LogP contribution in [0.2, 0.25) is 0 Å². The molecule has 4 heteroatoms. The highest BCUT2D eigenvalue weighted by molar-refractivity contribution is 14.1. The number of halogens is 2. The first-order valence-corrected chi connectivity index (χ1v) is 4.18. The van der Waals surface area contributed by atoms with Gasteiger partial charge in [-0.15, -0.1) is 0 Å². The highest BCUT2D eigenvalue weighted by Gasteiger charge is 2.20. The highest BCUT2D eigenvalue weighted by Crippen LogP contribution is 2.22. The lowest BCUT2D eigenvalue weighted by Crippen LogP contribution is -2.27. The minimum absolute atomic E-state index is 0.216. The van der Waals surface area contributed by atoms with E-state index in [1.54, 1.807) is 6.08 Å². The van der Waals surface area contributed by atoms with Crippen molar-refractivity contribution in [2.45, 2.75) is 13.2 Å². The predicted molar refractivity (Wildman–Crippen MR) is 48.9 cm³/mol. The molecule has 0 fully saturated rings. The number of allylic oxidation sites excluding steroid dienone is 2. The molecular formula is C7H7FINO. The smallest absolute Gasteiger partial charge is 0.200 e. The summed E-state index contributed by atoms with van der Waals surface area (Å²) >= 11 is 1.94. The summed E-state index contributed by atoms with van der Waals surface area (Å²) in [6.45, 7) is 1.36. The summed E-state index contributed by atoms with van der Waals surface area (Å²) in [4.78, 5) is 10.8. The Labute approximate surface area is 77.7 Å². The molecule has 1 aliphatic heterocycles. The molecule has 0 spiro atoms. The molecule has 0 aromatic rings. The SMILES string of the molecule is CC(=O)C1=C(I)C=CNC1F. The molecule has 1 atom stereocenters. The molecule has 1 N–H and O–H groups in total. The van der Waals surface area contributed by atoms with Crippen LogP contribution >= 0.6 is 22.6 Å². The van der Waals surface area contributed by atoms with Crippen molar-refractivity contribution in [3.05, 3.63) is 21.4 Å². The molecule has 11 heavy (non-hydrogen) atoms. The molecule has 0 aromatic heterocycles. The first kappa shape index (κ1) is 8.70. The molecule has 0 saturated heterocycles. The van der Waals surface area contributed by atoms with E-state index < -0.39 is 6.30 Å². The molecule has 0 saturated carbocycles. The number of nitrogens with one attached hydrogen (secondary N) is 1. The Morgan fingerprint density at radius 1 is 1.82 bits per heavy atom. The van der Waals surface area contributed by atoms with Gasteiger partial charge >= 0.3 is 0 Å². The second-order valence-corrected chi connectivity index (χ2v) is 3.34. The van der Waals surface area contributed by atoms with Crippen LogP contribution in [0.5, 0.6) is 0 Å². The number of rotatable bonds is 1. The number of carbonyl (C=O) groups excluding carboxylic acids is 1. The van der Waals surface area contributed by atoms with Gasteiger partial charge < -0.3 is 5.32 Å². The van der Waals surface area contributed by atoms with Gasteiger partial charge in [0.25, 0.3) is 0 Å². The van der Waals surface area contributed by atoms with Crippen molar-refractivity contribution in [2.24, 2.45) is 0 Å². The normalized spacial score (nSPS) is 23.4. The zero-order valence-corrected chi connectivity index (χ0v) is 8.05. The molecule has 0 amide bonds. The fourth-order valence-electron chi connectivity index (χ4n) is 0.847. The summed E-state index contributed by atoms with van der Waals surface area (Å²) in [7, 11) is 0. The van der Waals surface area contributed by atoms with Gasteiger partial charge in [0.1, 0.15) is 0 Å². The topological polar surface area (TPSA) is 29.1 Å². The van der Waals surface area contributed by atoms with E-state index in [0.717, 1.165) is 0 Å². The number of Topliss-reactive ketones (excluding diaryl/α,β-unsaturated/α-hetero) is 1. The Morgan fingerprint density at radius 3 is 2.82 bits per heavy atom. The Bertz CT molecular complexity index is 247. The van der Waals surface area contributed by atoms with Crippen molar-refractivity contribution in [3.63, 3.8) is 0 Å². The predicted octanol–water partition coefficient (Wildman–Crippen LogP) is 1.68. The molecule has 60 valence electrons. The minimum Gasteiger partial charge on any atom is -0.358 e. The van der Waals surface area contributed by atoms with Crippen LogP contribution in [0.25, 0.3) is 0 Å². The summed E-state index contributed by atoms with van der Waals surface area (Å²) in [5.74, 6) is -0.223. The van der Waals surface area contributed by atoms with Crippen molar-refractivity contribution < 1.29 is 9.18 Å². The maximum Gasteiger partial charge on any atom is 0.200 e. The largest absolute Gasteiger partial charge is 0.358 e. The second kappa shape index (κ2) is 3.34. The van der Waals surface area contributed by atoms with Gasteiger partial charge in [0.15, 0.2) is 12.1 Å². The number of hydrogen-bond acceptors (Lipinski definition) is 2. The summed E-state index contributed by atoms with van der Waals surface area (Å²) in [6.07, 6.45) is 1.83. The van der Waals surface area contributed by atoms with Crippen LogP contribution in [-0.2, 0) is 4.79 Å². The maximum atomic E-state index is 12.9. The van der Waals surface area contributed by atoms with Crippen LogP contribution in [0.4, 0.5) is 4.39 Å². The zero-order chi connectivity index (χ0) is 8.43. The average Bonchev–Trinajstić information content (AvgIpc) is 1.85. The van der Waals surface area contributed by atoms with Crippen LogP contribution < -0.4 is 5.32 Å². The highest BCUT2D eigenvalue weighted by atomic mass is 127. The molecule has 0 aliphatic carbocycles. The van der Waals surface area contributed by atoms with Crippen LogP contribution in [-0.4, -0.2) is 12.1 Å². The lowest BCUT2D eigenvalue weighted by atomic mass is 10.1. The number of alkyl halides is 1. The Balaban J connectivity index is 3.01. The molecule has 1 aliphatic rings. The fourth-order valence-corrected chi connectivity index (χ4v) is 1.68. The van der Waals surface area contributed by atoms with Crippen molar-refractivity contribution in [3.8, 4) is 0 Å². The van der Waals surface area contributed by atoms with Crippen molar-refractivity contribution >= 4 is 28.4 Å². The van der Waals surface area contributed by atoms with Gasteiger partial charge in [0.05, 0.1) is 5.57 Å². The van der Waals surface area contributed by atoms with E-state index in [4.69, 9.17) is 0 Å². The van der Waals surface area contributed by atoms with E-state index in [2.05, 4.69) is 5.32 Å². The molecule has 2 nitrogen and oxygen atoms in total. The molecule has 0 aromatic carbocycles. The summed E-state index contributed by atoms with van der Waals surface area (Å²) in [5, 5.41) is 2.41. The van der Waals surface area contributed by atoms with Gasteiger partial charge in [-0.25, -0.2) is 4.39 Å². The van der Waals surface area contributed by atoms with Crippen molar-refractivity contribution in [2.75, 3.05) is 0 Å². The van der Waals surface area contributed by atoms with E-state index in [1.807, 2.05) is 22.6 Å². The lowest BCUT2D eigenvalue weighted by Gasteiger charge is -2.15.